The fourth-order valence-electron chi connectivity index (χ4n) is 1.96. The molecule has 0 aliphatic carbocycles. The van der Waals surface area contributed by atoms with E-state index in [0.29, 0.717) is 0 Å². The van der Waals surface area contributed by atoms with Crippen LogP contribution in [0.5, 0.6) is 0 Å². The molecule has 0 aliphatic rings. The van der Waals surface area contributed by atoms with Crippen molar-refractivity contribution in [2.75, 3.05) is 6.54 Å². The van der Waals surface area contributed by atoms with Crippen LogP contribution < -0.4 is 5.32 Å². The zero-order chi connectivity index (χ0) is 17.1. The van der Waals surface area contributed by atoms with E-state index in [-0.39, 0.29) is 34.1 Å². The van der Waals surface area contributed by atoms with Crippen LogP contribution in [0.2, 0.25) is 5.02 Å². The van der Waals surface area contributed by atoms with Gasteiger partial charge in [-0.1, -0.05) is 29.7 Å². The largest absolute Gasteiger partial charge is 0.481 e. The van der Waals surface area contributed by atoms with E-state index in [9.17, 15) is 14.0 Å². The number of carboxylic acid groups (broad SMARTS) is 1. The van der Waals surface area contributed by atoms with Crippen LogP contribution in [0.1, 0.15) is 23.0 Å². The van der Waals surface area contributed by atoms with Gasteiger partial charge in [0.25, 0.3) is 5.91 Å². The highest BCUT2D eigenvalue weighted by Crippen LogP contribution is 2.33. The van der Waals surface area contributed by atoms with E-state index in [4.69, 9.17) is 21.2 Å². The summed E-state index contributed by atoms with van der Waals surface area (Å²) < 4.78 is 19.0. The summed E-state index contributed by atoms with van der Waals surface area (Å²) in [6, 6.07) is 4.10. The molecule has 0 saturated heterocycles. The van der Waals surface area contributed by atoms with E-state index in [0.717, 1.165) is 0 Å². The molecule has 1 unspecified atom stereocenters. The predicted molar refractivity (Wildman–Crippen MR) is 80.8 cm³/mol. The van der Waals surface area contributed by atoms with Crippen molar-refractivity contribution in [3.8, 4) is 11.3 Å². The smallest absolute Gasteiger partial charge is 0.308 e. The summed E-state index contributed by atoms with van der Waals surface area (Å²) in [6.07, 6.45) is 0. The standard InChI is InChI=1S/C15H14ClFN2O4/c1-7(15(21)22)6-18-14(20)11-8(2)23-19-13(11)12-9(16)4-3-5-10(12)17/h3-5,7H,6H2,1-2H3,(H,18,20)(H,21,22). The van der Waals surface area contributed by atoms with E-state index in [1.54, 1.807) is 0 Å². The van der Waals surface area contributed by atoms with Gasteiger partial charge in [0.2, 0.25) is 0 Å². The molecular weight excluding hydrogens is 327 g/mol. The zero-order valence-electron chi connectivity index (χ0n) is 12.4. The Morgan fingerprint density at radius 2 is 2.17 bits per heavy atom. The first-order chi connectivity index (χ1) is 10.8. The van der Waals surface area contributed by atoms with Crippen LogP contribution in [0.25, 0.3) is 11.3 Å². The summed E-state index contributed by atoms with van der Waals surface area (Å²) in [7, 11) is 0. The molecule has 2 rings (SSSR count). The molecule has 122 valence electrons. The third-order valence-corrected chi connectivity index (χ3v) is 3.59. The van der Waals surface area contributed by atoms with Crippen molar-refractivity contribution in [1.82, 2.24) is 10.5 Å². The van der Waals surface area contributed by atoms with E-state index < -0.39 is 23.6 Å². The topological polar surface area (TPSA) is 92.4 Å². The van der Waals surface area contributed by atoms with Gasteiger partial charge in [0.1, 0.15) is 22.8 Å². The van der Waals surface area contributed by atoms with Crippen LogP contribution in [0.15, 0.2) is 22.7 Å². The second-order valence-electron chi connectivity index (χ2n) is 5.01. The first-order valence-corrected chi connectivity index (χ1v) is 7.12. The van der Waals surface area contributed by atoms with Gasteiger partial charge in [-0.15, -0.1) is 0 Å². The number of amides is 1. The molecule has 1 heterocycles. The first-order valence-electron chi connectivity index (χ1n) is 6.74. The Morgan fingerprint density at radius 3 is 2.78 bits per heavy atom. The first kappa shape index (κ1) is 17.0. The van der Waals surface area contributed by atoms with Crippen LogP contribution in [-0.4, -0.2) is 28.7 Å². The van der Waals surface area contributed by atoms with Crippen molar-refractivity contribution in [3.63, 3.8) is 0 Å². The summed E-state index contributed by atoms with van der Waals surface area (Å²) in [5.74, 6) is -2.87. The van der Waals surface area contributed by atoms with Gasteiger partial charge in [0, 0.05) is 6.54 Å². The molecular formula is C15H14ClFN2O4. The molecule has 0 aliphatic heterocycles. The number of nitrogens with one attached hydrogen (secondary N) is 1. The number of halogens is 2. The highest BCUT2D eigenvalue weighted by Gasteiger charge is 2.25. The van der Waals surface area contributed by atoms with Gasteiger partial charge in [-0.3, -0.25) is 9.59 Å². The summed E-state index contributed by atoms with van der Waals surface area (Å²) in [5.41, 5.74) is -0.0388. The van der Waals surface area contributed by atoms with Crippen molar-refractivity contribution < 1.29 is 23.6 Å². The van der Waals surface area contributed by atoms with Gasteiger partial charge < -0.3 is 14.9 Å². The summed E-state index contributed by atoms with van der Waals surface area (Å²) in [5, 5.41) is 15.1. The number of carbonyl (C=O) groups is 2. The van der Waals surface area contributed by atoms with E-state index in [1.165, 1.54) is 32.0 Å². The predicted octanol–water partition coefficient (Wildman–Crippen LogP) is 2.89. The number of nitrogens with zero attached hydrogens (tertiary/aromatic N) is 1. The zero-order valence-corrected chi connectivity index (χ0v) is 13.1. The molecule has 1 atom stereocenters. The Kier molecular flexibility index (Phi) is 5.00. The van der Waals surface area contributed by atoms with Gasteiger partial charge >= 0.3 is 5.97 Å². The van der Waals surface area contributed by atoms with Crippen molar-refractivity contribution in [2.24, 2.45) is 5.92 Å². The summed E-state index contributed by atoms with van der Waals surface area (Å²) in [4.78, 5) is 23.1. The van der Waals surface area contributed by atoms with Crippen molar-refractivity contribution in [2.45, 2.75) is 13.8 Å². The van der Waals surface area contributed by atoms with Gasteiger partial charge in [0.15, 0.2) is 0 Å². The molecule has 2 N–H and O–H groups in total. The maximum atomic E-state index is 14.0. The quantitative estimate of drug-likeness (QED) is 0.873. The second-order valence-corrected chi connectivity index (χ2v) is 5.42. The lowest BCUT2D eigenvalue weighted by Gasteiger charge is -2.09. The van der Waals surface area contributed by atoms with Gasteiger partial charge in [-0.25, -0.2) is 4.39 Å². The van der Waals surface area contributed by atoms with Crippen molar-refractivity contribution in [1.29, 1.82) is 0 Å². The average molecular weight is 341 g/mol. The third-order valence-electron chi connectivity index (χ3n) is 3.28. The molecule has 1 aromatic heterocycles. The minimum Gasteiger partial charge on any atom is -0.481 e. The number of hydrogen-bond donors (Lipinski definition) is 2. The number of carbonyl (C=O) groups excluding carboxylic acids is 1. The van der Waals surface area contributed by atoms with Crippen LogP contribution in [0.4, 0.5) is 4.39 Å². The van der Waals surface area contributed by atoms with Gasteiger partial charge in [0.05, 0.1) is 16.5 Å². The molecule has 0 saturated carbocycles. The molecule has 0 radical (unpaired) electrons. The maximum Gasteiger partial charge on any atom is 0.308 e. The van der Waals surface area contributed by atoms with E-state index in [2.05, 4.69) is 10.5 Å². The molecule has 1 amide bonds. The normalized spacial score (nSPS) is 12.0. The Morgan fingerprint density at radius 1 is 1.48 bits per heavy atom. The van der Waals surface area contributed by atoms with Crippen LogP contribution in [0, 0.1) is 18.7 Å². The monoisotopic (exact) mass is 340 g/mol. The summed E-state index contributed by atoms with van der Waals surface area (Å²) >= 11 is 5.99. The molecule has 0 fully saturated rings. The highest BCUT2D eigenvalue weighted by molar-refractivity contribution is 6.33. The van der Waals surface area contributed by atoms with Crippen molar-refractivity contribution >= 4 is 23.5 Å². The Labute approximate surface area is 136 Å². The number of benzene rings is 1. The fourth-order valence-corrected chi connectivity index (χ4v) is 2.21. The maximum absolute atomic E-state index is 14.0. The van der Waals surface area contributed by atoms with Gasteiger partial charge in [-0.05, 0) is 19.1 Å². The molecule has 6 nitrogen and oxygen atoms in total. The molecule has 23 heavy (non-hydrogen) atoms. The Bertz CT molecular complexity index is 740. The fraction of sp³-hybridized carbons (Fsp3) is 0.267. The number of aromatic nitrogens is 1. The Balaban J connectivity index is 2.36. The van der Waals surface area contributed by atoms with E-state index >= 15 is 0 Å². The number of aliphatic carboxylic acids is 1. The average Bonchev–Trinajstić information content (AvgIpc) is 2.85. The Hall–Kier alpha value is -2.41. The number of aryl methyl sites for hydroxylation is 1. The SMILES string of the molecule is Cc1onc(-c2c(F)cccc2Cl)c1C(=O)NCC(C)C(=O)O. The molecule has 0 spiro atoms. The number of carboxylic acids is 1. The lowest BCUT2D eigenvalue weighted by atomic mass is 10.0. The molecule has 8 heteroatoms. The van der Waals surface area contributed by atoms with Gasteiger partial charge in [-0.2, -0.15) is 0 Å². The van der Waals surface area contributed by atoms with E-state index in [1.807, 2.05) is 0 Å². The summed E-state index contributed by atoms with van der Waals surface area (Å²) in [6.45, 7) is 2.88. The lowest BCUT2D eigenvalue weighted by molar-refractivity contribution is -0.140. The molecule has 1 aromatic carbocycles. The lowest BCUT2D eigenvalue weighted by Crippen LogP contribution is -2.31. The minimum atomic E-state index is -1.04. The highest BCUT2D eigenvalue weighted by atomic mass is 35.5. The minimum absolute atomic E-state index is 0.0221. The van der Waals surface area contributed by atoms with Crippen LogP contribution in [-0.2, 0) is 4.79 Å². The second kappa shape index (κ2) is 6.78. The third kappa shape index (κ3) is 3.50. The van der Waals surface area contributed by atoms with Crippen LogP contribution in [0.3, 0.4) is 0 Å². The van der Waals surface area contributed by atoms with Crippen LogP contribution >= 0.6 is 11.6 Å². The van der Waals surface area contributed by atoms with Crippen molar-refractivity contribution in [3.05, 3.63) is 40.4 Å². The number of rotatable bonds is 5. The molecule has 2 aromatic rings. The molecule has 0 bridgehead atoms. The number of hydrogen-bond acceptors (Lipinski definition) is 4.